The van der Waals surface area contributed by atoms with Crippen molar-refractivity contribution in [2.45, 2.75) is 53.3 Å². The third kappa shape index (κ3) is 18.9. The van der Waals surface area contributed by atoms with Gasteiger partial charge in [-0.2, -0.15) is 0 Å². The van der Waals surface area contributed by atoms with Crippen molar-refractivity contribution < 1.29 is 66.3 Å². The van der Waals surface area contributed by atoms with Crippen molar-refractivity contribution >= 4 is 36.3 Å². The summed E-state index contributed by atoms with van der Waals surface area (Å²) in [5, 5.41) is 9.27. The highest BCUT2D eigenvalue weighted by molar-refractivity contribution is 5.80. The second kappa shape index (κ2) is 29.3. The number of carbonyl (C=O) groups excluding carboxylic acids is 3. The van der Waals surface area contributed by atoms with Gasteiger partial charge in [-0.05, 0) is 143 Å². The Morgan fingerprint density at radius 3 is 1.23 bits per heavy atom. The number of furan rings is 2. The number of rotatable bonds is 22. The van der Waals surface area contributed by atoms with E-state index in [9.17, 15) is 24.3 Å². The van der Waals surface area contributed by atoms with Crippen molar-refractivity contribution in [2.24, 2.45) is 0 Å². The Balaban J connectivity index is 0.000000237. The van der Waals surface area contributed by atoms with Gasteiger partial charge in [0, 0.05) is 35.3 Å². The van der Waals surface area contributed by atoms with E-state index in [1.165, 1.54) is 12.0 Å². The van der Waals surface area contributed by atoms with E-state index in [1.54, 1.807) is 101 Å². The van der Waals surface area contributed by atoms with Crippen LogP contribution in [0, 0.1) is 13.8 Å². The summed E-state index contributed by atoms with van der Waals surface area (Å²) in [6.45, 7) is 9.32. The third-order valence-electron chi connectivity index (χ3n) is 12.0. The van der Waals surface area contributed by atoms with Crippen LogP contribution in [0.2, 0.25) is 0 Å². The fourth-order valence-corrected chi connectivity index (χ4v) is 7.96. The summed E-state index contributed by atoms with van der Waals surface area (Å²) in [5.74, 6) is 4.80. The fraction of sp³-hybridized carbons (Fsp3) is 0.212. The number of carbonyl (C=O) groups is 4. The molecule has 0 fully saturated rings. The Bertz CT molecular complexity index is 3380. The van der Waals surface area contributed by atoms with Crippen molar-refractivity contribution in [1.82, 2.24) is 9.80 Å². The molecule has 0 aliphatic heterocycles. The van der Waals surface area contributed by atoms with Crippen LogP contribution in [-0.4, -0.2) is 85.2 Å². The molecule has 16 heteroatoms. The first-order chi connectivity index (χ1) is 39.5. The minimum atomic E-state index is -1.14. The van der Waals surface area contributed by atoms with E-state index in [-0.39, 0.29) is 25.4 Å². The van der Waals surface area contributed by atoms with Gasteiger partial charge in [-0.25, -0.2) is 9.59 Å². The SMILES string of the molecule is COc1ccc(OC(=O)N(CC(=O)O)Cc2ccc(OC/C=C\c3cc(-c4ccccc4)oc3C)cc2)cc1.COc1ccc(OC(=O)N(CC(=O)OC(C)(C)C)Cc2ccc(OC/C=C\c3cc(-c4ccccc4)oc3C)cc2)cc1. The zero-order valence-electron chi connectivity index (χ0n) is 46.9. The van der Waals surface area contributed by atoms with Gasteiger partial charge >= 0.3 is 24.1 Å². The van der Waals surface area contributed by atoms with Crippen LogP contribution in [-0.2, 0) is 27.4 Å². The molecular formula is C66H66N2O14. The average molecular weight is 1110 g/mol. The summed E-state index contributed by atoms with van der Waals surface area (Å²) in [7, 11) is 3.09. The van der Waals surface area contributed by atoms with Crippen LogP contribution < -0.4 is 28.4 Å². The lowest BCUT2D eigenvalue weighted by molar-refractivity contribution is -0.155. The van der Waals surface area contributed by atoms with Crippen molar-refractivity contribution in [2.75, 3.05) is 40.5 Å². The van der Waals surface area contributed by atoms with E-state index in [2.05, 4.69) is 0 Å². The van der Waals surface area contributed by atoms with E-state index in [4.69, 9.17) is 42.0 Å². The molecule has 0 spiro atoms. The smallest absolute Gasteiger partial charge is 0.416 e. The number of esters is 1. The molecule has 0 bridgehead atoms. The molecule has 16 nitrogen and oxygen atoms in total. The number of aliphatic carboxylic acids is 1. The number of hydrogen-bond acceptors (Lipinski definition) is 13. The molecule has 0 aliphatic carbocycles. The summed E-state index contributed by atoms with van der Waals surface area (Å²) < 4.78 is 50.0. The number of methoxy groups -OCH3 is 2. The van der Waals surface area contributed by atoms with Crippen LogP contribution in [0.1, 0.15) is 54.5 Å². The zero-order chi connectivity index (χ0) is 58.4. The van der Waals surface area contributed by atoms with Gasteiger partial charge < -0.3 is 47.1 Å². The topological polar surface area (TPSA) is 186 Å². The van der Waals surface area contributed by atoms with Crippen LogP contribution in [0.4, 0.5) is 9.59 Å². The van der Waals surface area contributed by atoms with Crippen LogP contribution >= 0.6 is 0 Å². The van der Waals surface area contributed by atoms with E-state index < -0.39 is 36.3 Å². The number of aryl methyl sites for hydroxylation is 2. The Labute approximate surface area is 477 Å². The summed E-state index contributed by atoms with van der Waals surface area (Å²) in [6.07, 6.45) is 6.33. The highest BCUT2D eigenvalue weighted by Gasteiger charge is 2.25. The first-order valence-electron chi connectivity index (χ1n) is 26.2. The largest absolute Gasteiger partial charge is 0.497 e. The van der Waals surface area contributed by atoms with Crippen molar-refractivity contribution in [3.63, 3.8) is 0 Å². The molecule has 8 rings (SSSR count). The van der Waals surface area contributed by atoms with Gasteiger partial charge in [0.05, 0.1) is 14.2 Å². The highest BCUT2D eigenvalue weighted by Crippen LogP contribution is 2.28. The van der Waals surface area contributed by atoms with Crippen LogP contribution in [0.3, 0.4) is 0 Å². The van der Waals surface area contributed by atoms with Gasteiger partial charge in [0.15, 0.2) is 0 Å². The van der Waals surface area contributed by atoms with Crippen LogP contribution in [0.25, 0.3) is 34.8 Å². The molecule has 0 saturated carbocycles. The Kier molecular flexibility index (Phi) is 21.3. The fourth-order valence-electron chi connectivity index (χ4n) is 7.96. The summed E-state index contributed by atoms with van der Waals surface area (Å²) in [5.41, 5.74) is 4.86. The Morgan fingerprint density at radius 1 is 0.500 bits per heavy atom. The maximum atomic E-state index is 13.1. The summed E-state index contributed by atoms with van der Waals surface area (Å²) in [6, 6.07) is 51.4. The van der Waals surface area contributed by atoms with Crippen molar-refractivity contribution in [3.8, 4) is 57.1 Å². The lowest BCUT2D eigenvalue weighted by atomic mass is 10.1. The van der Waals surface area contributed by atoms with Crippen molar-refractivity contribution in [1.29, 1.82) is 0 Å². The number of hydrogen-bond donors (Lipinski definition) is 1. The second-order valence-electron chi connectivity index (χ2n) is 19.5. The first kappa shape index (κ1) is 59.7. The molecule has 1 N–H and O–H groups in total. The van der Waals surface area contributed by atoms with Gasteiger partial charge in [-0.15, -0.1) is 0 Å². The maximum Gasteiger partial charge on any atom is 0.416 e. The second-order valence-corrected chi connectivity index (χ2v) is 19.5. The lowest BCUT2D eigenvalue weighted by Gasteiger charge is -2.25. The Morgan fingerprint density at radius 2 is 0.866 bits per heavy atom. The molecule has 0 aliphatic rings. The van der Waals surface area contributed by atoms with Crippen LogP contribution in [0.15, 0.2) is 191 Å². The molecule has 0 atom stereocenters. The monoisotopic (exact) mass is 1110 g/mol. The number of nitrogens with zero attached hydrogens (tertiary/aromatic N) is 2. The highest BCUT2D eigenvalue weighted by atomic mass is 16.6. The van der Waals surface area contributed by atoms with E-state index in [1.807, 2.05) is 135 Å². The predicted octanol–water partition coefficient (Wildman–Crippen LogP) is 14.1. The number of carboxylic acids is 1. The molecular weight excluding hydrogens is 1040 g/mol. The number of benzene rings is 6. The number of carboxylic acid groups (broad SMARTS) is 1. The normalized spacial score (nSPS) is 11.1. The Hall–Kier alpha value is -9.96. The maximum absolute atomic E-state index is 13.1. The summed E-state index contributed by atoms with van der Waals surface area (Å²) >= 11 is 0. The number of ether oxygens (including phenoxy) is 7. The molecule has 0 unspecified atom stereocenters. The molecule has 6 aromatic carbocycles. The molecule has 82 heavy (non-hydrogen) atoms. The predicted molar refractivity (Wildman–Crippen MR) is 312 cm³/mol. The zero-order valence-corrected chi connectivity index (χ0v) is 46.9. The number of amides is 2. The minimum absolute atomic E-state index is 0.0605. The quantitative estimate of drug-likeness (QED) is 0.0632. The van der Waals surface area contributed by atoms with Gasteiger partial charge in [-0.3, -0.25) is 19.4 Å². The van der Waals surface area contributed by atoms with Gasteiger partial charge in [-0.1, -0.05) is 97.1 Å². The molecule has 0 radical (unpaired) electrons. The van der Waals surface area contributed by atoms with Gasteiger partial charge in [0.2, 0.25) is 0 Å². The molecule has 8 aromatic rings. The standard InChI is InChI=1S/C35H37NO7.C31H29NO7/c1-25-28(22-32(41-25)27-10-7-6-8-11-27)12-9-21-40-30-15-13-26(14-16-30)23-36(24-33(37)43-35(2,3)4)34(38)42-31-19-17-29(39-5)18-20-31;1-22-25(19-29(38-22)24-7-4-3-5-8-24)9-6-18-37-27-12-10-23(11-13-27)20-32(21-30(33)34)31(35)39-28-16-14-26(36-2)15-17-28/h6-20,22H,21,23-24H2,1-5H3;3-17,19H,18,20-21H2,1-2H3,(H,33,34)/b12-9-;9-6-. The van der Waals surface area contributed by atoms with E-state index >= 15 is 0 Å². The van der Waals surface area contributed by atoms with Crippen molar-refractivity contribution in [3.05, 3.63) is 216 Å². The van der Waals surface area contributed by atoms with Gasteiger partial charge in [0.25, 0.3) is 0 Å². The molecule has 2 aromatic heterocycles. The molecule has 424 valence electrons. The minimum Gasteiger partial charge on any atom is -0.497 e. The van der Waals surface area contributed by atoms with E-state index in [0.29, 0.717) is 42.0 Å². The average Bonchev–Trinajstić information content (AvgIpc) is 4.18. The van der Waals surface area contributed by atoms with Crippen LogP contribution in [0.5, 0.6) is 34.5 Å². The molecule has 0 saturated heterocycles. The van der Waals surface area contributed by atoms with Gasteiger partial charge in [0.1, 0.15) is 89.4 Å². The van der Waals surface area contributed by atoms with E-state index in [0.717, 1.165) is 61.3 Å². The summed E-state index contributed by atoms with van der Waals surface area (Å²) in [4.78, 5) is 52.0. The molecule has 2 heterocycles. The third-order valence-corrected chi connectivity index (χ3v) is 12.0. The lowest BCUT2D eigenvalue weighted by Crippen LogP contribution is -2.39. The first-order valence-corrected chi connectivity index (χ1v) is 26.2. The molecule has 2 amide bonds.